The summed E-state index contributed by atoms with van der Waals surface area (Å²) in [6, 6.07) is 74.4. The first-order valence-electron chi connectivity index (χ1n) is 40.2. The SMILES string of the molecule is C.COc1ccc(CN2CCC3=C(C)C(=O)CCC3(c3ccccc3)C2=O)cc1.COc1ccc(CN2CC[C@@H]3[C@@H](C)C(=O)C(C#N)=C[C@@]3(c3ccccc3)C2=O)cc1.COc1ccc(CN2CC[C@H]3[C@H](C)C(=O)C(C#N)=C[C@]3(c3ccccc3)C2=O)cc1.COc1ccc(CN2CC[C@H]3[C@H](C)C(=O)CC[C@]3(c3ccccc3)C2=O)cc1. The van der Waals surface area contributed by atoms with E-state index in [0.717, 1.165) is 91.5 Å². The minimum atomic E-state index is -0.996. The van der Waals surface area contributed by atoms with Crippen molar-refractivity contribution in [2.24, 2.45) is 35.5 Å². The number of carbonyl (C=O) groups is 8. The summed E-state index contributed by atoms with van der Waals surface area (Å²) in [5, 5.41) is 19.2. The number of likely N-dealkylation sites (tertiary alicyclic amines) is 4. The number of hydrogen-bond acceptors (Lipinski definition) is 14. The monoisotopic (exact) mass is 1570 g/mol. The Kier molecular flexibility index (Phi) is 26.1. The fraction of sp³-hybridized carbons (Fsp3) is 0.354. The van der Waals surface area contributed by atoms with Gasteiger partial charge in [-0.15, -0.1) is 0 Å². The number of hydrogen-bond donors (Lipinski definition) is 0. The molecule has 16 rings (SSSR count). The van der Waals surface area contributed by atoms with E-state index >= 15 is 0 Å². The normalized spacial score (nSPS) is 25.2. The highest BCUT2D eigenvalue weighted by Crippen LogP contribution is 2.54. The van der Waals surface area contributed by atoms with Crippen molar-refractivity contribution in [3.05, 3.63) is 297 Å². The minimum absolute atomic E-state index is 0. The standard InChI is InChI=1S/2C25H24N2O3.C24H27NO3.C24H25NO3.CH4/c2*1-17-22-12-13-27(16-18-8-10-21(30-2)11-9-18)24(29)25(22,14-19(15-26)23(17)28)20-6-4-3-5-7-20;2*1-17-21-13-15-25(16-18-8-10-20(28-2)11-9-18)23(27)24(21,14-12-22(17)26)19-6-4-3-5-7-19;/h2*3-11,14,17,22H,12-13,16H2,1-2H3;3-11,17,21H,12-16H2,1-2H3;3-11H,12-16H2,1-2H3;1H4/t2*17-,22-,25+;17-,21-,24+;;/m100../s1. The lowest BCUT2D eigenvalue weighted by Crippen LogP contribution is -2.60. The maximum absolute atomic E-state index is 14.0. The van der Waals surface area contributed by atoms with Crippen molar-refractivity contribution in [2.45, 2.75) is 134 Å². The molecule has 0 N–H and O–H groups in total. The predicted octanol–water partition coefficient (Wildman–Crippen LogP) is 16.0. The van der Waals surface area contributed by atoms with Gasteiger partial charge in [-0.3, -0.25) is 38.4 Å². The number of amides is 4. The molecule has 4 aliphatic heterocycles. The van der Waals surface area contributed by atoms with Crippen molar-refractivity contribution < 1.29 is 57.3 Å². The summed E-state index contributed by atoms with van der Waals surface area (Å²) in [6.45, 7) is 12.2. The first-order valence-corrected chi connectivity index (χ1v) is 40.2. The molecule has 602 valence electrons. The largest absolute Gasteiger partial charge is 0.497 e. The molecule has 8 aromatic carbocycles. The Labute approximate surface area is 687 Å². The van der Waals surface area contributed by atoms with Crippen LogP contribution in [0.4, 0.5) is 0 Å². The highest BCUT2D eigenvalue weighted by Gasteiger charge is 2.60. The van der Waals surface area contributed by atoms with Crippen LogP contribution in [-0.2, 0) is 86.2 Å². The molecule has 0 radical (unpaired) electrons. The second-order valence-electron chi connectivity index (χ2n) is 31.7. The van der Waals surface area contributed by atoms with Crippen molar-refractivity contribution in [3.8, 4) is 35.1 Å². The fourth-order valence-electron chi connectivity index (χ4n) is 19.6. The van der Waals surface area contributed by atoms with Crippen LogP contribution in [0.3, 0.4) is 0 Å². The van der Waals surface area contributed by atoms with Gasteiger partial charge >= 0.3 is 0 Å². The van der Waals surface area contributed by atoms with Crippen LogP contribution in [0.15, 0.2) is 253 Å². The number of methoxy groups -OCH3 is 4. The van der Waals surface area contributed by atoms with Crippen molar-refractivity contribution >= 4 is 46.8 Å². The molecule has 8 aromatic rings. The number of Topliss-reactive ketones (excluding diaryl/α,β-unsaturated/α-hetero) is 4. The van der Waals surface area contributed by atoms with Crippen molar-refractivity contribution in [1.29, 1.82) is 10.5 Å². The molecule has 4 saturated heterocycles. The molecule has 0 bridgehead atoms. The Balaban J connectivity index is 0.000000143. The van der Waals surface area contributed by atoms with Crippen LogP contribution in [0.25, 0.3) is 0 Å². The van der Waals surface area contributed by atoms with Gasteiger partial charge in [-0.25, -0.2) is 0 Å². The maximum atomic E-state index is 14.0. The predicted molar refractivity (Wildman–Crippen MR) is 448 cm³/mol. The first kappa shape index (κ1) is 84.1. The zero-order valence-corrected chi connectivity index (χ0v) is 67.3. The number of nitriles is 2. The van der Waals surface area contributed by atoms with E-state index in [1.54, 1.807) is 40.6 Å². The number of rotatable bonds is 16. The van der Waals surface area contributed by atoms with E-state index in [2.05, 4.69) is 12.1 Å². The highest BCUT2D eigenvalue weighted by molar-refractivity contribution is 6.08. The van der Waals surface area contributed by atoms with Gasteiger partial charge in [0.1, 0.15) is 40.9 Å². The number of fused-ring (bicyclic) bond motifs is 4. The molecule has 0 aromatic heterocycles. The molecule has 8 aliphatic rings. The number of nitrogens with zero attached hydrogens (tertiary/aromatic N) is 6. The summed E-state index contributed by atoms with van der Waals surface area (Å²) >= 11 is 0. The zero-order valence-electron chi connectivity index (χ0n) is 67.3. The molecule has 4 heterocycles. The molecule has 1 saturated carbocycles. The van der Waals surface area contributed by atoms with Crippen LogP contribution in [-0.4, -0.2) is 121 Å². The van der Waals surface area contributed by atoms with Crippen molar-refractivity contribution in [3.63, 3.8) is 0 Å². The smallest absolute Gasteiger partial charge is 0.237 e. The molecule has 4 aliphatic carbocycles. The summed E-state index contributed by atoms with van der Waals surface area (Å²) in [7, 11) is 6.54. The Hall–Kier alpha value is -12.3. The summed E-state index contributed by atoms with van der Waals surface area (Å²) in [4.78, 5) is 113. The molecule has 4 amide bonds. The lowest BCUT2D eigenvalue weighted by molar-refractivity contribution is -0.152. The molecule has 10 atom stereocenters. The third kappa shape index (κ3) is 16.2. The fourth-order valence-corrected chi connectivity index (χ4v) is 19.6. The van der Waals surface area contributed by atoms with Gasteiger partial charge in [0, 0.05) is 83.0 Å². The Morgan fingerprint density at radius 3 is 1.07 bits per heavy atom. The first-order chi connectivity index (χ1) is 56.1. The van der Waals surface area contributed by atoms with Gasteiger partial charge in [-0.05, 0) is 180 Å². The van der Waals surface area contributed by atoms with Gasteiger partial charge in [-0.1, -0.05) is 198 Å². The van der Waals surface area contributed by atoms with Crippen LogP contribution in [0.2, 0.25) is 0 Å². The van der Waals surface area contributed by atoms with Gasteiger partial charge in [-0.2, -0.15) is 10.5 Å². The molecule has 18 nitrogen and oxygen atoms in total. The average Bonchev–Trinajstić information content (AvgIpc) is 0.745. The Morgan fingerprint density at radius 2 is 0.709 bits per heavy atom. The van der Waals surface area contributed by atoms with Gasteiger partial charge in [0.25, 0.3) is 0 Å². The molecular weight excluding hydrogens is 1470 g/mol. The van der Waals surface area contributed by atoms with Crippen LogP contribution >= 0.6 is 0 Å². The quantitative estimate of drug-likeness (QED) is 0.0875. The van der Waals surface area contributed by atoms with E-state index < -0.39 is 21.7 Å². The van der Waals surface area contributed by atoms with Gasteiger partial charge < -0.3 is 38.5 Å². The van der Waals surface area contributed by atoms with Gasteiger partial charge in [0.15, 0.2) is 17.3 Å². The number of benzene rings is 8. The summed E-state index contributed by atoms with van der Waals surface area (Å²) < 4.78 is 20.9. The summed E-state index contributed by atoms with van der Waals surface area (Å²) in [5.41, 5.74) is 6.62. The zero-order chi connectivity index (χ0) is 82.1. The topological polar surface area (TPSA) is 234 Å². The minimum Gasteiger partial charge on any atom is -0.497 e. The second-order valence-corrected chi connectivity index (χ2v) is 31.7. The van der Waals surface area contributed by atoms with E-state index in [4.69, 9.17) is 18.9 Å². The number of carbonyl (C=O) groups excluding carboxylic acids is 8. The average molecular weight is 1570 g/mol. The lowest BCUT2D eigenvalue weighted by atomic mass is 9.55. The summed E-state index contributed by atoms with van der Waals surface area (Å²) in [5.74, 6) is 2.43. The van der Waals surface area contributed by atoms with Crippen LogP contribution in [0.5, 0.6) is 23.0 Å². The molecule has 1 unspecified atom stereocenters. The van der Waals surface area contributed by atoms with E-state index in [0.29, 0.717) is 96.7 Å². The van der Waals surface area contributed by atoms with Crippen LogP contribution in [0.1, 0.15) is 131 Å². The van der Waals surface area contributed by atoms with Gasteiger partial charge in [0.05, 0.1) is 61.2 Å². The van der Waals surface area contributed by atoms with Crippen molar-refractivity contribution in [2.75, 3.05) is 54.6 Å². The van der Waals surface area contributed by atoms with Crippen LogP contribution in [0, 0.1) is 58.2 Å². The molecular formula is C99H104N6O12. The number of ketones is 4. The second kappa shape index (κ2) is 36.3. The van der Waals surface area contributed by atoms with E-state index in [-0.39, 0.29) is 95.1 Å². The molecule has 0 spiro atoms. The number of allylic oxidation sites excluding steroid dienone is 3. The third-order valence-corrected chi connectivity index (χ3v) is 25.9. The molecule has 117 heavy (non-hydrogen) atoms. The van der Waals surface area contributed by atoms with E-state index in [1.165, 1.54) is 0 Å². The van der Waals surface area contributed by atoms with Crippen LogP contribution < -0.4 is 18.9 Å². The lowest BCUT2D eigenvalue weighted by Gasteiger charge is -2.52. The number of ether oxygens (including phenoxy) is 4. The Morgan fingerprint density at radius 1 is 0.376 bits per heavy atom. The number of piperidine rings is 4. The maximum Gasteiger partial charge on any atom is 0.237 e. The summed E-state index contributed by atoms with van der Waals surface area (Å²) in [6.07, 6.45) is 8.37. The Bertz CT molecular complexity index is 4980. The molecule has 18 heteroatoms. The third-order valence-electron chi connectivity index (χ3n) is 25.9. The highest BCUT2D eigenvalue weighted by atomic mass is 16.5. The van der Waals surface area contributed by atoms with Gasteiger partial charge in [0.2, 0.25) is 23.6 Å². The molecule has 5 fully saturated rings. The van der Waals surface area contributed by atoms with Crippen molar-refractivity contribution in [1.82, 2.24) is 19.6 Å². The van der Waals surface area contributed by atoms with E-state index in [9.17, 15) is 48.9 Å². The van der Waals surface area contributed by atoms with E-state index in [1.807, 2.05) is 266 Å².